The van der Waals surface area contributed by atoms with Crippen molar-refractivity contribution in [1.82, 2.24) is 4.98 Å². The molecule has 1 aromatic carbocycles. The van der Waals surface area contributed by atoms with Crippen molar-refractivity contribution < 1.29 is 4.79 Å². The minimum Gasteiger partial charge on any atom is -0.383 e. The number of nitriles is 2. The molecule has 8 heteroatoms. The second-order valence-corrected chi connectivity index (χ2v) is 6.46. The van der Waals surface area contributed by atoms with E-state index in [9.17, 15) is 10.1 Å². The number of nitrogen functional groups attached to an aromatic ring is 1. The summed E-state index contributed by atoms with van der Waals surface area (Å²) in [6.45, 7) is 1.67. The summed E-state index contributed by atoms with van der Waals surface area (Å²) in [7, 11) is 0. The number of pyridine rings is 1. The highest BCUT2D eigenvalue weighted by Crippen LogP contribution is 2.29. The number of nitrogens with one attached hydrogen (secondary N) is 1. The van der Waals surface area contributed by atoms with E-state index in [1.54, 1.807) is 31.2 Å². The van der Waals surface area contributed by atoms with Crippen molar-refractivity contribution in [2.75, 3.05) is 11.1 Å². The van der Waals surface area contributed by atoms with E-state index in [1.807, 2.05) is 12.1 Å². The zero-order valence-electron chi connectivity index (χ0n) is 12.6. The van der Waals surface area contributed by atoms with E-state index in [-0.39, 0.29) is 22.9 Å². The summed E-state index contributed by atoms with van der Waals surface area (Å²) in [6.07, 6.45) is 0. The number of amides is 1. The molecule has 3 N–H and O–H groups in total. The monoisotopic (exact) mass is 357 g/mol. The maximum Gasteiger partial charge on any atom is 0.237 e. The van der Waals surface area contributed by atoms with E-state index in [4.69, 9.17) is 22.6 Å². The molecule has 2 aromatic rings. The van der Waals surface area contributed by atoms with E-state index >= 15 is 0 Å². The van der Waals surface area contributed by atoms with Crippen molar-refractivity contribution in [2.45, 2.75) is 17.2 Å². The van der Waals surface area contributed by atoms with Crippen LogP contribution in [-0.2, 0) is 4.79 Å². The van der Waals surface area contributed by atoms with Crippen LogP contribution in [0, 0.1) is 22.7 Å². The molecule has 120 valence electrons. The Balaban J connectivity index is 2.18. The Bertz CT molecular complexity index is 872. The molecule has 0 aliphatic rings. The number of thioether (sulfide) groups is 1. The van der Waals surface area contributed by atoms with Crippen molar-refractivity contribution in [3.8, 4) is 12.1 Å². The maximum absolute atomic E-state index is 12.3. The van der Waals surface area contributed by atoms with E-state index in [1.165, 1.54) is 6.07 Å². The first-order valence-corrected chi connectivity index (χ1v) is 8.04. The minimum absolute atomic E-state index is 0.0257. The molecule has 1 heterocycles. The summed E-state index contributed by atoms with van der Waals surface area (Å²) in [5.74, 6) is -0.264. The Morgan fingerprint density at radius 2 is 2.00 bits per heavy atom. The first kappa shape index (κ1) is 17.6. The van der Waals surface area contributed by atoms with Crippen molar-refractivity contribution in [1.29, 1.82) is 10.5 Å². The Kier molecular flexibility index (Phi) is 5.64. The molecular weight excluding hydrogens is 346 g/mol. The van der Waals surface area contributed by atoms with Crippen LogP contribution < -0.4 is 11.1 Å². The van der Waals surface area contributed by atoms with Crippen LogP contribution in [0.3, 0.4) is 0 Å². The van der Waals surface area contributed by atoms with E-state index in [0.29, 0.717) is 15.7 Å². The van der Waals surface area contributed by atoms with Crippen molar-refractivity contribution in [3.05, 3.63) is 46.5 Å². The second kappa shape index (κ2) is 7.69. The van der Waals surface area contributed by atoms with Crippen LogP contribution in [0.15, 0.2) is 35.4 Å². The normalized spacial score (nSPS) is 11.2. The molecule has 2 rings (SSSR count). The third-order valence-corrected chi connectivity index (χ3v) is 4.48. The molecule has 0 radical (unpaired) electrons. The Hall–Kier alpha value is -2.74. The predicted molar refractivity (Wildman–Crippen MR) is 93.5 cm³/mol. The first-order chi connectivity index (χ1) is 11.5. The molecule has 0 fully saturated rings. The fourth-order valence-electron chi connectivity index (χ4n) is 1.79. The lowest BCUT2D eigenvalue weighted by Crippen LogP contribution is -2.22. The smallest absolute Gasteiger partial charge is 0.237 e. The number of nitrogens with zero attached hydrogens (tertiary/aromatic N) is 3. The van der Waals surface area contributed by atoms with Crippen LogP contribution in [0.2, 0.25) is 5.02 Å². The molecule has 0 saturated heterocycles. The van der Waals surface area contributed by atoms with Crippen LogP contribution in [0.25, 0.3) is 0 Å². The van der Waals surface area contributed by atoms with Crippen molar-refractivity contribution in [2.24, 2.45) is 0 Å². The Morgan fingerprint density at radius 3 is 2.62 bits per heavy atom. The van der Waals surface area contributed by atoms with Crippen LogP contribution in [0.1, 0.15) is 18.1 Å². The van der Waals surface area contributed by atoms with Gasteiger partial charge in [0.05, 0.1) is 27.1 Å². The molecule has 1 atom stereocenters. The van der Waals surface area contributed by atoms with Crippen LogP contribution in [0.4, 0.5) is 11.5 Å². The first-order valence-electron chi connectivity index (χ1n) is 6.79. The lowest BCUT2D eigenvalue weighted by molar-refractivity contribution is -0.115. The number of anilines is 2. The van der Waals surface area contributed by atoms with Gasteiger partial charge in [-0.2, -0.15) is 10.5 Å². The molecule has 0 unspecified atom stereocenters. The number of carbonyl (C=O) groups is 1. The zero-order valence-corrected chi connectivity index (χ0v) is 14.1. The summed E-state index contributed by atoms with van der Waals surface area (Å²) in [5.41, 5.74) is 6.51. The van der Waals surface area contributed by atoms with Gasteiger partial charge >= 0.3 is 0 Å². The SMILES string of the molecule is C[C@H](Sc1nc(N)c(C#N)cc1C#N)C(=O)Nc1ccccc1Cl. The van der Waals surface area contributed by atoms with Gasteiger partial charge in [0.15, 0.2) is 0 Å². The van der Waals surface area contributed by atoms with Gasteiger partial charge in [-0.15, -0.1) is 0 Å². The summed E-state index contributed by atoms with van der Waals surface area (Å²) in [4.78, 5) is 16.3. The highest BCUT2D eigenvalue weighted by molar-refractivity contribution is 8.00. The standard InChI is InChI=1S/C16H12ClN5OS/c1-9(15(23)21-13-5-3-2-4-12(13)17)24-16-11(8-19)6-10(7-18)14(20)22-16/h2-6,9H,1H3,(H2,20,22)(H,21,23)/t9-/m0/s1. The number of benzene rings is 1. The highest BCUT2D eigenvalue weighted by Gasteiger charge is 2.19. The van der Waals surface area contributed by atoms with Gasteiger partial charge in [0.2, 0.25) is 5.91 Å². The molecule has 0 aliphatic carbocycles. The van der Waals surface area contributed by atoms with Gasteiger partial charge in [0.1, 0.15) is 23.0 Å². The number of carbonyl (C=O) groups excluding carboxylic acids is 1. The van der Waals surface area contributed by atoms with Crippen molar-refractivity contribution in [3.63, 3.8) is 0 Å². The average Bonchev–Trinajstić information content (AvgIpc) is 2.57. The molecule has 1 aromatic heterocycles. The number of para-hydroxylation sites is 1. The lowest BCUT2D eigenvalue weighted by Gasteiger charge is -2.13. The molecule has 0 saturated carbocycles. The van der Waals surface area contributed by atoms with Gasteiger partial charge in [-0.1, -0.05) is 35.5 Å². The van der Waals surface area contributed by atoms with Crippen molar-refractivity contribution >= 4 is 40.8 Å². The molecule has 0 aliphatic heterocycles. The molecule has 0 bridgehead atoms. The van der Waals surface area contributed by atoms with Gasteiger partial charge in [-0.3, -0.25) is 4.79 Å². The summed E-state index contributed by atoms with van der Waals surface area (Å²) in [5, 5.41) is 21.0. The van der Waals surface area contributed by atoms with E-state index in [2.05, 4.69) is 10.3 Å². The van der Waals surface area contributed by atoms with Gasteiger partial charge in [0, 0.05) is 0 Å². The number of halogens is 1. The van der Waals surface area contributed by atoms with Crippen LogP contribution >= 0.6 is 23.4 Å². The number of hydrogen-bond acceptors (Lipinski definition) is 6. The molecule has 1 amide bonds. The topological polar surface area (TPSA) is 116 Å². The number of hydrogen-bond donors (Lipinski definition) is 2. The largest absolute Gasteiger partial charge is 0.383 e. The van der Waals surface area contributed by atoms with Crippen LogP contribution in [0.5, 0.6) is 0 Å². The third kappa shape index (κ3) is 3.96. The molecular formula is C16H12ClN5OS. The van der Waals surface area contributed by atoms with Gasteiger partial charge in [-0.25, -0.2) is 4.98 Å². The van der Waals surface area contributed by atoms with Gasteiger partial charge in [-0.05, 0) is 25.1 Å². The summed E-state index contributed by atoms with van der Waals surface area (Å²) in [6, 6.07) is 12.1. The third-order valence-electron chi connectivity index (χ3n) is 3.05. The summed E-state index contributed by atoms with van der Waals surface area (Å²) < 4.78 is 0. The molecule has 6 nitrogen and oxygen atoms in total. The number of aromatic nitrogens is 1. The van der Waals surface area contributed by atoms with Gasteiger partial charge in [0.25, 0.3) is 0 Å². The Labute approximate surface area is 148 Å². The highest BCUT2D eigenvalue weighted by atomic mass is 35.5. The number of nitrogens with two attached hydrogens (primary N) is 1. The number of rotatable bonds is 4. The minimum atomic E-state index is -0.548. The fraction of sp³-hybridized carbons (Fsp3) is 0.125. The van der Waals surface area contributed by atoms with E-state index in [0.717, 1.165) is 11.8 Å². The van der Waals surface area contributed by atoms with Gasteiger partial charge < -0.3 is 11.1 Å². The Morgan fingerprint density at radius 1 is 1.33 bits per heavy atom. The summed E-state index contributed by atoms with van der Waals surface area (Å²) >= 11 is 7.09. The van der Waals surface area contributed by atoms with E-state index < -0.39 is 5.25 Å². The fourth-order valence-corrected chi connectivity index (χ4v) is 2.85. The molecule has 24 heavy (non-hydrogen) atoms. The zero-order chi connectivity index (χ0) is 17.7. The lowest BCUT2D eigenvalue weighted by atomic mass is 10.2. The predicted octanol–water partition coefficient (Wildman–Crippen LogP) is 3.18. The average molecular weight is 358 g/mol. The second-order valence-electron chi connectivity index (χ2n) is 4.73. The maximum atomic E-state index is 12.3. The molecule has 0 spiro atoms. The quantitative estimate of drug-likeness (QED) is 0.812. The van der Waals surface area contributed by atoms with Crippen LogP contribution in [-0.4, -0.2) is 16.1 Å².